The molecule has 0 aromatic carbocycles. The van der Waals surface area contributed by atoms with E-state index in [2.05, 4.69) is 29.1 Å². The van der Waals surface area contributed by atoms with Crippen molar-refractivity contribution in [3.05, 3.63) is 44.8 Å². The van der Waals surface area contributed by atoms with Crippen molar-refractivity contribution >= 4 is 22.7 Å². The second kappa shape index (κ2) is 5.97. The normalized spacial score (nSPS) is 16.4. The Bertz CT molecular complexity index is 448. The van der Waals surface area contributed by atoms with Gasteiger partial charge in [-0.25, -0.2) is 0 Å². The van der Waals surface area contributed by atoms with Crippen molar-refractivity contribution in [2.24, 2.45) is 0 Å². The summed E-state index contributed by atoms with van der Waals surface area (Å²) in [6.45, 7) is 4.60. The quantitative estimate of drug-likeness (QED) is 0.852. The smallest absolute Gasteiger partial charge is 0.108 e. The lowest BCUT2D eigenvalue weighted by atomic mass is 10.0. The molecule has 2 nitrogen and oxygen atoms in total. The zero-order valence-electron chi connectivity index (χ0n) is 10.7. The van der Waals surface area contributed by atoms with Crippen molar-refractivity contribution in [3.8, 4) is 0 Å². The fourth-order valence-electron chi connectivity index (χ4n) is 1.88. The van der Waals surface area contributed by atoms with Gasteiger partial charge >= 0.3 is 0 Å². The third-order valence-electron chi connectivity index (χ3n) is 2.97. The molecule has 0 saturated heterocycles. The first-order valence-corrected chi connectivity index (χ1v) is 7.91. The second-order valence-corrected chi connectivity index (χ2v) is 6.60. The van der Waals surface area contributed by atoms with Crippen LogP contribution in [-0.2, 0) is 12.0 Å². The van der Waals surface area contributed by atoms with Gasteiger partial charge in [0, 0.05) is 17.5 Å². The number of rotatable bonds is 6. The molecule has 2 aromatic heterocycles. The Hall–Kier alpha value is -0.680. The molecule has 0 spiro atoms. The first-order chi connectivity index (χ1) is 8.58. The lowest BCUT2D eigenvalue weighted by molar-refractivity contribution is 0.0581. The summed E-state index contributed by atoms with van der Waals surface area (Å²) < 4.78 is 0. The van der Waals surface area contributed by atoms with Gasteiger partial charge in [0.05, 0.1) is 0 Å². The van der Waals surface area contributed by atoms with Crippen LogP contribution in [0.5, 0.6) is 0 Å². The molecule has 2 heterocycles. The van der Waals surface area contributed by atoms with Crippen LogP contribution in [0.1, 0.15) is 24.3 Å². The molecule has 0 aliphatic carbocycles. The van der Waals surface area contributed by atoms with Crippen LogP contribution in [0.2, 0.25) is 0 Å². The molecule has 2 atom stereocenters. The molecular formula is C14H19NOS2. The largest absolute Gasteiger partial charge is 0.383 e. The maximum atomic E-state index is 10.4. The average Bonchev–Trinajstić information content (AvgIpc) is 2.99. The molecule has 0 amide bonds. The van der Waals surface area contributed by atoms with Gasteiger partial charge in [-0.1, -0.05) is 6.07 Å². The van der Waals surface area contributed by atoms with Gasteiger partial charge in [-0.3, -0.25) is 0 Å². The van der Waals surface area contributed by atoms with Crippen molar-refractivity contribution in [1.82, 2.24) is 5.32 Å². The minimum atomic E-state index is -0.781. The summed E-state index contributed by atoms with van der Waals surface area (Å²) in [5.41, 5.74) is 0.577. The molecule has 0 fully saturated rings. The van der Waals surface area contributed by atoms with Crippen LogP contribution in [0.3, 0.4) is 0 Å². The van der Waals surface area contributed by atoms with Crippen LogP contribution in [0, 0.1) is 0 Å². The highest BCUT2D eigenvalue weighted by molar-refractivity contribution is 7.10. The van der Waals surface area contributed by atoms with Crippen molar-refractivity contribution < 1.29 is 5.11 Å². The zero-order valence-corrected chi connectivity index (χ0v) is 12.4. The van der Waals surface area contributed by atoms with Crippen LogP contribution in [0.15, 0.2) is 34.3 Å². The predicted octanol–water partition coefficient (Wildman–Crippen LogP) is 3.24. The minimum absolute atomic E-state index is 0.367. The Morgan fingerprint density at radius 1 is 1.39 bits per heavy atom. The monoisotopic (exact) mass is 281 g/mol. The van der Waals surface area contributed by atoms with E-state index < -0.39 is 5.60 Å². The highest BCUT2D eigenvalue weighted by atomic mass is 32.1. The first-order valence-electron chi connectivity index (χ1n) is 6.09. The van der Waals surface area contributed by atoms with E-state index in [-0.39, 0.29) is 0 Å². The summed E-state index contributed by atoms with van der Waals surface area (Å²) in [4.78, 5) is 1.01. The third kappa shape index (κ3) is 3.65. The minimum Gasteiger partial charge on any atom is -0.383 e. The molecule has 0 aliphatic rings. The molecule has 98 valence electrons. The van der Waals surface area contributed by atoms with E-state index in [4.69, 9.17) is 0 Å². The number of nitrogens with one attached hydrogen (secondary N) is 1. The summed E-state index contributed by atoms with van der Waals surface area (Å²) in [7, 11) is 0. The SMILES string of the molecule is CC(Cc1ccsc1)NCC(C)(O)c1cccs1. The van der Waals surface area contributed by atoms with Gasteiger partial charge in [0.2, 0.25) is 0 Å². The van der Waals surface area contributed by atoms with Crippen molar-refractivity contribution in [1.29, 1.82) is 0 Å². The summed E-state index contributed by atoms with van der Waals surface area (Å²) in [5, 5.41) is 20.1. The van der Waals surface area contributed by atoms with Crippen molar-refractivity contribution in [2.75, 3.05) is 6.54 Å². The number of thiophene rings is 2. The fourth-order valence-corrected chi connectivity index (χ4v) is 3.35. The van der Waals surface area contributed by atoms with Gasteiger partial charge < -0.3 is 10.4 Å². The molecule has 0 saturated carbocycles. The maximum Gasteiger partial charge on any atom is 0.108 e. The van der Waals surface area contributed by atoms with Gasteiger partial charge in [0.15, 0.2) is 0 Å². The number of aliphatic hydroxyl groups is 1. The fraction of sp³-hybridized carbons (Fsp3) is 0.429. The number of hydrogen-bond acceptors (Lipinski definition) is 4. The van der Waals surface area contributed by atoms with E-state index in [1.54, 1.807) is 22.7 Å². The van der Waals surface area contributed by atoms with Crippen LogP contribution in [0.25, 0.3) is 0 Å². The third-order valence-corrected chi connectivity index (χ3v) is 4.82. The van der Waals surface area contributed by atoms with E-state index in [0.29, 0.717) is 12.6 Å². The Labute approximate surface area is 116 Å². The average molecular weight is 281 g/mol. The van der Waals surface area contributed by atoms with Crippen molar-refractivity contribution in [2.45, 2.75) is 31.9 Å². The molecule has 2 rings (SSSR count). The summed E-state index contributed by atoms with van der Waals surface area (Å²) in [6, 6.07) is 6.48. The number of hydrogen-bond donors (Lipinski definition) is 2. The zero-order chi connectivity index (χ0) is 13.0. The van der Waals surface area contributed by atoms with E-state index in [0.717, 1.165) is 11.3 Å². The lowest BCUT2D eigenvalue weighted by Crippen LogP contribution is -2.40. The standard InChI is InChI=1S/C14H19NOS2/c1-11(8-12-5-7-17-9-12)15-10-14(2,16)13-4-3-6-18-13/h3-7,9,11,15-16H,8,10H2,1-2H3. The van der Waals surface area contributed by atoms with E-state index >= 15 is 0 Å². The van der Waals surface area contributed by atoms with E-state index in [1.165, 1.54) is 5.56 Å². The highest BCUT2D eigenvalue weighted by Gasteiger charge is 2.24. The molecule has 4 heteroatoms. The van der Waals surface area contributed by atoms with Gasteiger partial charge in [0.1, 0.15) is 5.60 Å². The highest BCUT2D eigenvalue weighted by Crippen LogP contribution is 2.24. The molecular weight excluding hydrogens is 262 g/mol. The lowest BCUT2D eigenvalue weighted by Gasteiger charge is -2.25. The Kier molecular flexibility index (Phi) is 4.56. The topological polar surface area (TPSA) is 32.3 Å². The molecule has 2 N–H and O–H groups in total. The van der Waals surface area contributed by atoms with Crippen LogP contribution in [0.4, 0.5) is 0 Å². The summed E-state index contributed by atoms with van der Waals surface area (Å²) in [5.74, 6) is 0. The Morgan fingerprint density at radius 3 is 2.83 bits per heavy atom. The van der Waals surface area contributed by atoms with Gasteiger partial charge in [-0.15, -0.1) is 11.3 Å². The van der Waals surface area contributed by atoms with Gasteiger partial charge in [-0.2, -0.15) is 11.3 Å². The van der Waals surface area contributed by atoms with Gasteiger partial charge in [0.25, 0.3) is 0 Å². The molecule has 2 unspecified atom stereocenters. The van der Waals surface area contributed by atoms with Crippen LogP contribution < -0.4 is 5.32 Å². The molecule has 0 radical (unpaired) electrons. The molecule has 0 aliphatic heterocycles. The van der Waals surface area contributed by atoms with Crippen LogP contribution >= 0.6 is 22.7 Å². The Morgan fingerprint density at radius 2 is 2.22 bits per heavy atom. The summed E-state index contributed by atoms with van der Waals surface area (Å²) in [6.07, 6.45) is 1.00. The van der Waals surface area contributed by atoms with E-state index in [9.17, 15) is 5.11 Å². The van der Waals surface area contributed by atoms with Crippen molar-refractivity contribution in [3.63, 3.8) is 0 Å². The van der Waals surface area contributed by atoms with E-state index in [1.807, 2.05) is 24.4 Å². The Balaban J connectivity index is 1.84. The maximum absolute atomic E-state index is 10.4. The van der Waals surface area contributed by atoms with Crippen LogP contribution in [-0.4, -0.2) is 17.7 Å². The molecule has 18 heavy (non-hydrogen) atoms. The molecule has 2 aromatic rings. The second-order valence-electron chi connectivity index (χ2n) is 4.87. The van der Waals surface area contributed by atoms with Gasteiger partial charge in [-0.05, 0) is 54.1 Å². The summed E-state index contributed by atoms with van der Waals surface area (Å²) >= 11 is 3.33. The first kappa shape index (κ1) is 13.7. The molecule has 0 bridgehead atoms. The predicted molar refractivity (Wildman–Crippen MR) is 79.4 cm³/mol.